The summed E-state index contributed by atoms with van der Waals surface area (Å²) in [6.07, 6.45) is 0. The van der Waals surface area contributed by atoms with E-state index in [4.69, 9.17) is 0 Å². The molecule has 1 aromatic heterocycles. The van der Waals surface area contributed by atoms with Gasteiger partial charge in [0.05, 0.1) is 0 Å². The number of carbonyl (C=O) groups is 1. The smallest absolute Gasteiger partial charge is 0.269 e. The van der Waals surface area contributed by atoms with Crippen LogP contribution in [0.3, 0.4) is 0 Å². The molecule has 2 rings (SSSR count). The molecule has 0 bridgehead atoms. The van der Waals surface area contributed by atoms with Gasteiger partial charge in [0.1, 0.15) is 0 Å². The van der Waals surface area contributed by atoms with Crippen molar-refractivity contribution >= 4 is 17.5 Å². The molecular formula is C15H19N5O. The zero-order chi connectivity index (χ0) is 15.4. The van der Waals surface area contributed by atoms with Crippen LogP contribution in [0.25, 0.3) is 0 Å². The molecule has 0 fully saturated rings. The Morgan fingerprint density at radius 1 is 1.10 bits per heavy atom. The number of carbonyl (C=O) groups excluding carboxylic acids is 1. The van der Waals surface area contributed by atoms with E-state index in [1.165, 1.54) is 0 Å². The van der Waals surface area contributed by atoms with Crippen molar-refractivity contribution in [1.82, 2.24) is 15.4 Å². The number of rotatable bonds is 4. The van der Waals surface area contributed by atoms with Gasteiger partial charge in [-0.25, -0.2) is 9.97 Å². The van der Waals surface area contributed by atoms with Gasteiger partial charge >= 0.3 is 0 Å². The van der Waals surface area contributed by atoms with Crippen molar-refractivity contribution in [3.63, 3.8) is 0 Å². The van der Waals surface area contributed by atoms with Crippen molar-refractivity contribution in [3.05, 3.63) is 47.3 Å². The number of nitrogens with one attached hydrogen (secondary N) is 2. The molecular weight excluding hydrogens is 266 g/mol. The first-order chi connectivity index (χ1) is 9.95. The fraction of sp³-hybridized carbons (Fsp3) is 0.267. The van der Waals surface area contributed by atoms with Gasteiger partial charge in [-0.2, -0.15) is 0 Å². The standard InChI is InChI=1S/C15H19N5O/c1-10-8-11(2)17-15(16-10)19-18-14(21)12-6-5-7-13(9-12)20(3)4/h5-9H,1-4H3,(H,18,21)(H,16,17,19). The van der Waals surface area contributed by atoms with Gasteiger partial charge in [-0.3, -0.25) is 15.6 Å². The largest absolute Gasteiger partial charge is 0.378 e. The van der Waals surface area contributed by atoms with E-state index in [1.807, 2.05) is 57.1 Å². The predicted molar refractivity (Wildman–Crippen MR) is 83.4 cm³/mol. The lowest BCUT2D eigenvalue weighted by atomic mass is 10.2. The molecule has 6 heteroatoms. The Balaban J connectivity index is 2.06. The van der Waals surface area contributed by atoms with Gasteiger partial charge in [0.15, 0.2) is 0 Å². The van der Waals surface area contributed by atoms with Crippen LogP contribution in [0.1, 0.15) is 21.7 Å². The lowest BCUT2D eigenvalue weighted by Crippen LogP contribution is -2.30. The molecule has 0 radical (unpaired) electrons. The number of hydrazine groups is 1. The quantitative estimate of drug-likeness (QED) is 0.840. The van der Waals surface area contributed by atoms with Crippen molar-refractivity contribution in [3.8, 4) is 0 Å². The Kier molecular flexibility index (Phi) is 4.37. The number of aromatic nitrogens is 2. The third kappa shape index (κ3) is 3.92. The molecule has 1 heterocycles. The van der Waals surface area contributed by atoms with Crippen molar-refractivity contribution in [1.29, 1.82) is 0 Å². The van der Waals surface area contributed by atoms with Crippen LogP contribution in [0.2, 0.25) is 0 Å². The van der Waals surface area contributed by atoms with Gasteiger partial charge in [-0.1, -0.05) is 6.07 Å². The average molecular weight is 285 g/mol. The summed E-state index contributed by atoms with van der Waals surface area (Å²) in [5.74, 6) is 0.145. The second kappa shape index (κ2) is 6.21. The first-order valence-corrected chi connectivity index (χ1v) is 6.62. The Morgan fingerprint density at radius 2 is 1.76 bits per heavy atom. The molecule has 1 amide bonds. The van der Waals surface area contributed by atoms with Gasteiger partial charge in [0, 0.05) is 36.7 Å². The second-order valence-corrected chi connectivity index (χ2v) is 5.00. The van der Waals surface area contributed by atoms with Crippen LogP contribution in [-0.4, -0.2) is 30.0 Å². The third-order valence-electron chi connectivity index (χ3n) is 2.89. The molecule has 0 saturated carbocycles. The number of hydrogen-bond donors (Lipinski definition) is 2. The first-order valence-electron chi connectivity index (χ1n) is 6.62. The molecule has 2 N–H and O–H groups in total. The molecule has 0 atom stereocenters. The van der Waals surface area contributed by atoms with Crippen LogP contribution in [0.5, 0.6) is 0 Å². The highest BCUT2D eigenvalue weighted by molar-refractivity contribution is 5.95. The highest BCUT2D eigenvalue weighted by Crippen LogP contribution is 2.13. The summed E-state index contributed by atoms with van der Waals surface area (Å²) in [4.78, 5) is 22.5. The molecule has 21 heavy (non-hydrogen) atoms. The average Bonchev–Trinajstić information content (AvgIpc) is 2.44. The molecule has 0 spiro atoms. The van der Waals surface area contributed by atoms with E-state index in [1.54, 1.807) is 6.07 Å². The Morgan fingerprint density at radius 3 is 2.38 bits per heavy atom. The SMILES string of the molecule is Cc1cc(C)nc(NNC(=O)c2cccc(N(C)C)c2)n1. The number of amides is 1. The number of hydrogen-bond acceptors (Lipinski definition) is 5. The molecule has 0 aliphatic heterocycles. The van der Waals surface area contributed by atoms with E-state index in [0.29, 0.717) is 11.5 Å². The zero-order valence-corrected chi connectivity index (χ0v) is 12.6. The third-order valence-corrected chi connectivity index (χ3v) is 2.89. The maximum Gasteiger partial charge on any atom is 0.269 e. The highest BCUT2D eigenvalue weighted by Gasteiger charge is 2.07. The van der Waals surface area contributed by atoms with Crippen molar-refractivity contribution in [2.75, 3.05) is 24.4 Å². The minimum Gasteiger partial charge on any atom is -0.378 e. The van der Waals surface area contributed by atoms with Crippen LogP contribution >= 0.6 is 0 Å². The topological polar surface area (TPSA) is 70.2 Å². The molecule has 1 aromatic carbocycles. The maximum atomic E-state index is 12.1. The maximum absolute atomic E-state index is 12.1. The van der Waals surface area contributed by atoms with Gasteiger partial charge in [-0.05, 0) is 38.1 Å². The van der Waals surface area contributed by atoms with Crippen molar-refractivity contribution in [2.45, 2.75) is 13.8 Å². The highest BCUT2D eigenvalue weighted by atomic mass is 16.2. The Bertz CT molecular complexity index is 634. The Hall–Kier alpha value is -2.63. The first kappa shape index (κ1) is 14.8. The van der Waals surface area contributed by atoms with Crippen molar-refractivity contribution < 1.29 is 4.79 Å². The van der Waals surface area contributed by atoms with E-state index in [0.717, 1.165) is 17.1 Å². The molecule has 6 nitrogen and oxygen atoms in total. The molecule has 110 valence electrons. The minimum absolute atomic E-state index is 0.235. The van der Waals surface area contributed by atoms with Gasteiger partial charge in [0.25, 0.3) is 5.91 Å². The van der Waals surface area contributed by atoms with E-state index >= 15 is 0 Å². The summed E-state index contributed by atoms with van der Waals surface area (Å²) in [6, 6.07) is 9.23. The van der Waals surface area contributed by atoms with Gasteiger partial charge < -0.3 is 4.90 Å². The number of benzene rings is 1. The monoisotopic (exact) mass is 285 g/mol. The van der Waals surface area contributed by atoms with Crippen LogP contribution in [0, 0.1) is 13.8 Å². The molecule has 0 aliphatic carbocycles. The summed E-state index contributed by atoms with van der Waals surface area (Å²) in [5, 5.41) is 0. The summed E-state index contributed by atoms with van der Waals surface area (Å²) in [7, 11) is 3.86. The summed E-state index contributed by atoms with van der Waals surface area (Å²) in [5.41, 5.74) is 8.56. The van der Waals surface area contributed by atoms with Crippen LogP contribution in [0.15, 0.2) is 30.3 Å². The normalized spacial score (nSPS) is 10.1. The predicted octanol–water partition coefficient (Wildman–Crippen LogP) is 1.92. The fourth-order valence-corrected chi connectivity index (χ4v) is 1.89. The molecule has 0 aliphatic rings. The zero-order valence-electron chi connectivity index (χ0n) is 12.6. The van der Waals surface area contributed by atoms with Gasteiger partial charge in [0.2, 0.25) is 5.95 Å². The molecule has 2 aromatic rings. The minimum atomic E-state index is -0.235. The van der Waals surface area contributed by atoms with Crippen molar-refractivity contribution in [2.24, 2.45) is 0 Å². The van der Waals surface area contributed by atoms with E-state index < -0.39 is 0 Å². The summed E-state index contributed by atoms with van der Waals surface area (Å²) < 4.78 is 0. The second-order valence-electron chi connectivity index (χ2n) is 5.00. The number of aryl methyl sites for hydroxylation is 2. The molecule has 0 saturated heterocycles. The van der Waals surface area contributed by atoms with Crippen LogP contribution in [-0.2, 0) is 0 Å². The molecule has 0 unspecified atom stereocenters. The summed E-state index contributed by atoms with van der Waals surface area (Å²) >= 11 is 0. The fourth-order valence-electron chi connectivity index (χ4n) is 1.89. The summed E-state index contributed by atoms with van der Waals surface area (Å²) in [6.45, 7) is 3.75. The van der Waals surface area contributed by atoms with Crippen LogP contribution in [0.4, 0.5) is 11.6 Å². The van der Waals surface area contributed by atoms with Gasteiger partial charge in [-0.15, -0.1) is 0 Å². The van der Waals surface area contributed by atoms with E-state index in [-0.39, 0.29) is 5.91 Å². The number of anilines is 2. The Labute approximate surface area is 124 Å². The van der Waals surface area contributed by atoms with Crippen LogP contribution < -0.4 is 15.8 Å². The van der Waals surface area contributed by atoms with E-state index in [2.05, 4.69) is 20.8 Å². The van der Waals surface area contributed by atoms with E-state index in [9.17, 15) is 4.79 Å². The number of nitrogens with zero attached hydrogens (tertiary/aromatic N) is 3. The lowest BCUT2D eigenvalue weighted by molar-refractivity contribution is 0.0962. The lowest BCUT2D eigenvalue weighted by Gasteiger charge is -2.13.